The smallest absolute Gasteiger partial charge is 0.168 e. The standard InChI is InChI=1S/C16H12O/c17-16-14(10-4-2-1-3-5-10)9-13-11-6-7-12(8-11)15(13)16/h1-2,4,6-7,9,11-13,15H,8H2. The molecule has 3 aliphatic carbocycles. The fraction of sp³-hybridized carbons (Fsp3) is 0.312. The van der Waals surface area contributed by atoms with E-state index in [2.05, 4.69) is 30.4 Å². The number of carbonyl (C=O) groups is 1. The van der Waals surface area contributed by atoms with Gasteiger partial charge in [-0.05, 0) is 36.3 Å². The van der Waals surface area contributed by atoms with Crippen molar-refractivity contribution in [2.24, 2.45) is 23.7 Å². The molecule has 0 amide bonds. The van der Waals surface area contributed by atoms with E-state index >= 15 is 0 Å². The molecule has 0 N–H and O–H groups in total. The first-order valence-electron chi connectivity index (χ1n) is 6.18. The molecule has 0 aromatic heterocycles. The average molecular weight is 220 g/mol. The first-order valence-corrected chi connectivity index (χ1v) is 6.18. The molecule has 0 saturated heterocycles. The van der Waals surface area contributed by atoms with E-state index in [1.54, 1.807) is 0 Å². The van der Waals surface area contributed by atoms with E-state index in [1.807, 2.05) is 18.2 Å². The number of allylic oxidation sites excluding steroid dienone is 4. The highest BCUT2D eigenvalue weighted by Gasteiger charge is 2.51. The molecule has 4 unspecified atom stereocenters. The Hall–Kier alpha value is -1.81. The lowest BCUT2D eigenvalue weighted by Crippen LogP contribution is -2.20. The Kier molecular flexibility index (Phi) is 1.69. The van der Waals surface area contributed by atoms with Gasteiger partial charge < -0.3 is 0 Å². The first kappa shape index (κ1) is 9.24. The summed E-state index contributed by atoms with van der Waals surface area (Å²) in [6.45, 7) is 0. The van der Waals surface area contributed by atoms with E-state index in [4.69, 9.17) is 0 Å². The largest absolute Gasteiger partial charge is 0.294 e. The first-order chi connectivity index (χ1) is 8.34. The molecule has 82 valence electrons. The van der Waals surface area contributed by atoms with Gasteiger partial charge in [0.05, 0.1) is 0 Å². The van der Waals surface area contributed by atoms with Crippen LogP contribution in [0.15, 0.2) is 36.4 Å². The molecule has 1 aromatic rings. The molecular weight excluding hydrogens is 208 g/mol. The summed E-state index contributed by atoms with van der Waals surface area (Å²) in [5.41, 5.74) is 1.78. The second-order valence-electron chi connectivity index (χ2n) is 5.20. The molecule has 1 nitrogen and oxygen atoms in total. The molecule has 4 atom stereocenters. The van der Waals surface area contributed by atoms with Crippen molar-refractivity contribution in [3.63, 3.8) is 0 Å². The van der Waals surface area contributed by atoms with Gasteiger partial charge in [0.1, 0.15) is 0 Å². The number of hydrogen-bond acceptors (Lipinski definition) is 1. The molecule has 0 spiro atoms. The van der Waals surface area contributed by atoms with Crippen molar-refractivity contribution in [2.45, 2.75) is 6.42 Å². The van der Waals surface area contributed by atoms with Crippen LogP contribution in [0.4, 0.5) is 0 Å². The van der Waals surface area contributed by atoms with Gasteiger partial charge in [-0.15, -0.1) is 0 Å². The lowest BCUT2D eigenvalue weighted by molar-refractivity contribution is -0.117. The highest BCUT2D eigenvalue weighted by molar-refractivity contribution is 6.24. The van der Waals surface area contributed by atoms with Crippen LogP contribution in [0.5, 0.6) is 0 Å². The van der Waals surface area contributed by atoms with Crippen molar-refractivity contribution in [1.82, 2.24) is 0 Å². The lowest BCUT2D eigenvalue weighted by atomic mass is 9.84. The van der Waals surface area contributed by atoms with Crippen LogP contribution in [0.3, 0.4) is 0 Å². The summed E-state index contributed by atoms with van der Waals surface area (Å²) in [7, 11) is 0. The van der Waals surface area contributed by atoms with Gasteiger partial charge >= 0.3 is 0 Å². The quantitative estimate of drug-likeness (QED) is 0.665. The second-order valence-corrected chi connectivity index (χ2v) is 5.20. The highest BCUT2D eigenvalue weighted by atomic mass is 16.1. The van der Waals surface area contributed by atoms with Gasteiger partial charge in [-0.25, -0.2) is 0 Å². The van der Waals surface area contributed by atoms with Crippen LogP contribution < -0.4 is 0 Å². The van der Waals surface area contributed by atoms with E-state index in [-0.39, 0.29) is 5.92 Å². The normalized spacial score (nSPS) is 36.9. The maximum Gasteiger partial charge on any atom is 0.168 e. The number of Topliss-reactive ketones (excluding diaryl/α,β-unsaturated/α-hetero) is 1. The molecule has 1 heteroatoms. The second kappa shape index (κ2) is 3.11. The molecule has 1 fully saturated rings. The van der Waals surface area contributed by atoms with Crippen molar-refractivity contribution < 1.29 is 4.79 Å². The van der Waals surface area contributed by atoms with Crippen LogP contribution in [-0.2, 0) is 4.79 Å². The zero-order valence-corrected chi connectivity index (χ0v) is 9.39. The maximum atomic E-state index is 12.4. The molecule has 0 heterocycles. The maximum absolute atomic E-state index is 12.4. The van der Waals surface area contributed by atoms with Gasteiger partial charge in [-0.1, -0.05) is 36.4 Å². The van der Waals surface area contributed by atoms with Crippen LogP contribution in [0.2, 0.25) is 0 Å². The van der Waals surface area contributed by atoms with Crippen LogP contribution in [-0.4, -0.2) is 5.78 Å². The van der Waals surface area contributed by atoms with Gasteiger partial charge in [-0.3, -0.25) is 4.79 Å². The van der Waals surface area contributed by atoms with Crippen LogP contribution >= 0.6 is 0 Å². The molecule has 17 heavy (non-hydrogen) atoms. The third kappa shape index (κ3) is 1.13. The van der Waals surface area contributed by atoms with E-state index in [0.717, 1.165) is 11.1 Å². The fourth-order valence-corrected chi connectivity index (χ4v) is 3.64. The molecule has 0 radical (unpaired) electrons. The summed E-state index contributed by atoms with van der Waals surface area (Å²) in [5, 5.41) is 0. The van der Waals surface area contributed by atoms with Crippen LogP contribution in [0.25, 0.3) is 5.57 Å². The third-order valence-electron chi connectivity index (χ3n) is 4.39. The summed E-state index contributed by atoms with van der Waals surface area (Å²) in [5.74, 6) is 2.07. The summed E-state index contributed by atoms with van der Waals surface area (Å²) in [6.07, 6.45) is 7.89. The average Bonchev–Trinajstić information content (AvgIpc) is 3.03. The Labute approximate surface area is 101 Å². The van der Waals surface area contributed by atoms with Crippen LogP contribution in [0.1, 0.15) is 12.0 Å². The van der Waals surface area contributed by atoms with Gasteiger partial charge in [0.25, 0.3) is 0 Å². The SMILES string of the molecule is O=C1C(c2c#cccc2)=CC2C3C=CC(C3)C12. The zero-order valence-electron chi connectivity index (χ0n) is 9.39. The monoisotopic (exact) mass is 220 g/mol. The molecule has 0 aliphatic heterocycles. The van der Waals surface area contributed by atoms with Gasteiger partial charge in [-0.2, -0.15) is 0 Å². The summed E-state index contributed by atoms with van der Waals surface area (Å²) in [6, 6.07) is 11.7. The topological polar surface area (TPSA) is 17.1 Å². The Bertz CT molecular complexity index is 538. The van der Waals surface area contributed by atoms with E-state index in [9.17, 15) is 4.79 Å². The fourth-order valence-electron chi connectivity index (χ4n) is 3.64. The minimum atomic E-state index is 0.216. The Morgan fingerprint density at radius 1 is 1.24 bits per heavy atom. The molecule has 2 bridgehead atoms. The number of ketones is 1. The Morgan fingerprint density at radius 2 is 2.12 bits per heavy atom. The molecular formula is C16H12O. The van der Waals surface area contributed by atoms with Gasteiger partial charge in [0.15, 0.2) is 5.78 Å². The van der Waals surface area contributed by atoms with E-state index in [1.165, 1.54) is 6.42 Å². The Morgan fingerprint density at radius 3 is 2.88 bits per heavy atom. The third-order valence-corrected chi connectivity index (χ3v) is 4.39. The number of fused-ring (bicyclic) bond motifs is 5. The number of carbonyl (C=O) groups excluding carboxylic acids is 1. The highest BCUT2D eigenvalue weighted by Crippen LogP contribution is 2.54. The van der Waals surface area contributed by atoms with Gasteiger partial charge in [0, 0.05) is 17.1 Å². The van der Waals surface area contributed by atoms with Crippen molar-refractivity contribution in [2.75, 3.05) is 0 Å². The summed E-state index contributed by atoms with van der Waals surface area (Å²) < 4.78 is 0. The van der Waals surface area contributed by atoms with Crippen molar-refractivity contribution in [1.29, 1.82) is 0 Å². The van der Waals surface area contributed by atoms with E-state index in [0.29, 0.717) is 23.5 Å². The lowest BCUT2D eigenvalue weighted by Gasteiger charge is -2.17. The van der Waals surface area contributed by atoms with Crippen LogP contribution in [0, 0.1) is 35.8 Å². The van der Waals surface area contributed by atoms with Gasteiger partial charge in [0.2, 0.25) is 0 Å². The van der Waals surface area contributed by atoms with E-state index < -0.39 is 0 Å². The minimum absolute atomic E-state index is 0.216. The predicted molar refractivity (Wildman–Crippen MR) is 64.8 cm³/mol. The summed E-state index contributed by atoms with van der Waals surface area (Å²) >= 11 is 0. The molecule has 1 saturated carbocycles. The predicted octanol–water partition coefficient (Wildman–Crippen LogP) is 2.69. The van der Waals surface area contributed by atoms with Crippen molar-refractivity contribution in [3.05, 3.63) is 54.1 Å². The molecule has 3 aliphatic rings. The number of hydrogen-bond donors (Lipinski definition) is 0. The zero-order chi connectivity index (χ0) is 11.4. The minimum Gasteiger partial charge on any atom is -0.294 e. The van der Waals surface area contributed by atoms with Crippen molar-refractivity contribution >= 4 is 11.4 Å². The van der Waals surface area contributed by atoms with Crippen molar-refractivity contribution in [3.8, 4) is 0 Å². The number of rotatable bonds is 1. The molecule has 1 aromatic carbocycles. The molecule has 4 rings (SSSR count). The summed E-state index contributed by atoms with van der Waals surface area (Å²) in [4.78, 5) is 12.4. The Balaban J connectivity index is 1.77.